The normalized spacial score (nSPS) is 10.7. The maximum atomic E-state index is 13.6. The highest BCUT2D eigenvalue weighted by Crippen LogP contribution is 2.26. The van der Waals surface area contributed by atoms with Crippen LogP contribution in [0.4, 0.5) is 4.39 Å². The molecule has 0 N–H and O–H groups in total. The minimum Gasteiger partial charge on any atom is -0.488 e. The first-order valence-corrected chi connectivity index (χ1v) is 8.18. The second kappa shape index (κ2) is 6.83. The molecular formula is C17H15FN2O2S. The van der Waals surface area contributed by atoms with Crippen LogP contribution in [0.1, 0.15) is 5.56 Å². The molecule has 0 amide bonds. The van der Waals surface area contributed by atoms with Gasteiger partial charge in [0, 0.05) is 17.2 Å². The number of fused-ring (bicyclic) bond motifs is 1. The molecule has 0 aliphatic carbocycles. The Kier molecular flexibility index (Phi) is 4.62. The van der Waals surface area contributed by atoms with E-state index in [2.05, 4.69) is 9.97 Å². The smallest absolute Gasteiger partial charge is 0.215 e. The van der Waals surface area contributed by atoms with Gasteiger partial charge in [0.1, 0.15) is 18.2 Å². The lowest BCUT2D eigenvalue weighted by Crippen LogP contribution is -1.98. The monoisotopic (exact) mass is 330 g/mol. The predicted molar refractivity (Wildman–Crippen MR) is 88.6 cm³/mol. The predicted octanol–water partition coefficient (Wildman–Crippen LogP) is 4.08. The van der Waals surface area contributed by atoms with Crippen LogP contribution in [0.2, 0.25) is 0 Å². The first kappa shape index (κ1) is 15.6. The van der Waals surface area contributed by atoms with Crippen molar-refractivity contribution in [3.8, 4) is 11.6 Å². The van der Waals surface area contributed by atoms with E-state index in [0.29, 0.717) is 17.3 Å². The molecule has 0 unspecified atom stereocenters. The molecule has 0 saturated carbocycles. The van der Waals surface area contributed by atoms with Gasteiger partial charge in [-0.2, -0.15) is 4.98 Å². The molecule has 23 heavy (non-hydrogen) atoms. The van der Waals surface area contributed by atoms with Crippen LogP contribution in [0.15, 0.2) is 47.5 Å². The maximum absolute atomic E-state index is 13.6. The summed E-state index contributed by atoms with van der Waals surface area (Å²) in [7, 11) is 1.56. The van der Waals surface area contributed by atoms with Crippen LogP contribution < -0.4 is 9.47 Å². The summed E-state index contributed by atoms with van der Waals surface area (Å²) < 4.78 is 24.5. The van der Waals surface area contributed by atoms with Gasteiger partial charge in [-0.1, -0.05) is 0 Å². The number of methoxy groups -OCH3 is 1. The molecule has 1 aromatic carbocycles. The number of ether oxygens (including phenoxy) is 2. The Hall–Kier alpha value is -2.34. The number of rotatable bonds is 5. The van der Waals surface area contributed by atoms with Crippen molar-refractivity contribution >= 4 is 22.8 Å². The molecule has 0 spiro atoms. The molecular weight excluding hydrogens is 315 g/mol. The number of hydrogen-bond donors (Lipinski definition) is 0. The summed E-state index contributed by atoms with van der Waals surface area (Å²) in [6.45, 7) is 0.274. The summed E-state index contributed by atoms with van der Waals surface area (Å²) in [5.41, 5.74) is 1.33. The molecule has 2 aromatic heterocycles. The Bertz CT molecular complexity index is 842. The molecule has 3 rings (SSSR count). The van der Waals surface area contributed by atoms with Crippen molar-refractivity contribution in [1.29, 1.82) is 0 Å². The summed E-state index contributed by atoms with van der Waals surface area (Å²) in [5.74, 6) is 0.887. The number of aromatic nitrogens is 2. The van der Waals surface area contributed by atoms with Crippen LogP contribution in [0.3, 0.4) is 0 Å². The number of benzene rings is 1. The fourth-order valence-corrected chi connectivity index (χ4v) is 2.71. The first-order chi connectivity index (χ1) is 11.2. The quantitative estimate of drug-likeness (QED) is 0.660. The number of hydrogen-bond acceptors (Lipinski definition) is 5. The third-order valence-electron chi connectivity index (χ3n) is 3.31. The van der Waals surface area contributed by atoms with Crippen molar-refractivity contribution in [2.75, 3.05) is 13.4 Å². The van der Waals surface area contributed by atoms with Crippen molar-refractivity contribution in [3.05, 3.63) is 54.0 Å². The number of pyridine rings is 2. The van der Waals surface area contributed by atoms with Crippen LogP contribution in [0, 0.1) is 5.82 Å². The average Bonchev–Trinajstić information content (AvgIpc) is 2.58. The van der Waals surface area contributed by atoms with Crippen molar-refractivity contribution in [2.45, 2.75) is 11.5 Å². The number of nitrogens with zero attached hydrogens (tertiary/aromatic N) is 2. The molecule has 0 atom stereocenters. The summed E-state index contributed by atoms with van der Waals surface area (Å²) in [6, 6.07) is 10.3. The molecule has 2 heterocycles. The van der Waals surface area contributed by atoms with Crippen molar-refractivity contribution in [3.63, 3.8) is 0 Å². The van der Waals surface area contributed by atoms with Crippen LogP contribution in [-0.4, -0.2) is 23.3 Å². The fourth-order valence-electron chi connectivity index (χ4n) is 2.21. The zero-order chi connectivity index (χ0) is 16.2. The lowest BCUT2D eigenvalue weighted by Gasteiger charge is -2.10. The third kappa shape index (κ3) is 3.53. The molecule has 0 saturated heterocycles. The molecule has 0 fully saturated rings. The highest BCUT2D eigenvalue weighted by atomic mass is 32.2. The number of halogens is 1. The van der Waals surface area contributed by atoms with Gasteiger partial charge >= 0.3 is 0 Å². The Morgan fingerprint density at radius 2 is 2.04 bits per heavy atom. The summed E-state index contributed by atoms with van der Waals surface area (Å²) >= 11 is 1.50. The molecule has 0 bridgehead atoms. The second-order valence-corrected chi connectivity index (χ2v) is 5.70. The molecule has 4 nitrogen and oxygen atoms in total. The van der Waals surface area contributed by atoms with E-state index in [1.54, 1.807) is 25.4 Å². The van der Waals surface area contributed by atoms with Gasteiger partial charge in [0.05, 0.1) is 12.5 Å². The van der Waals surface area contributed by atoms with Gasteiger partial charge in [0.25, 0.3) is 0 Å². The van der Waals surface area contributed by atoms with Gasteiger partial charge in [0.2, 0.25) is 5.88 Å². The van der Waals surface area contributed by atoms with E-state index in [0.717, 1.165) is 15.8 Å². The highest BCUT2D eigenvalue weighted by molar-refractivity contribution is 7.98. The van der Waals surface area contributed by atoms with Crippen molar-refractivity contribution in [2.24, 2.45) is 0 Å². The molecule has 6 heteroatoms. The fraction of sp³-hybridized carbons (Fsp3) is 0.176. The van der Waals surface area contributed by atoms with E-state index in [9.17, 15) is 4.39 Å². The van der Waals surface area contributed by atoms with E-state index in [4.69, 9.17) is 9.47 Å². The summed E-state index contributed by atoms with van der Waals surface area (Å²) in [5, 5.41) is 0.787. The average molecular weight is 330 g/mol. The van der Waals surface area contributed by atoms with Gasteiger partial charge in [-0.05, 0) is 42.2 Å². The maximum Gasteiger partial charge on any atom is 0.215 e. The van der Waals surface area contributed by atoms with Crippen molar-refractivity contribution in [1.82, 2.24) is 9.97 Å². The van der Waals surface area contributed by atoms with Crippen molar-refractivity contribution < 1.29 is 13.9 Å². The standard InChI is InChI=1S/C17H15FN2O2S/c1-21-16-4-3-14-15(5-6-19-17(14)20-16)22-10-11-7-12(18)9-13(8-11)23-2/h3-9H,10H2,1-2H3. The summed E-state index contributed by atoms with van der Waals surface area (Å²) in [6.07, 6.45) is 3.54. The zero-order valence-electron chi connectivity index (χ0n) is 12.7. The highest BCUT2D eigenvalue weighted by Gasteiger charge is 2.07. The van der Waals surface area contributed by atoms with Crippen LogP contribution in [0.5, 0.6) is 11.6 Å². The van der Waals surface area contributed by atoms with Gasteiger partial charge in [-0.3, -0.25) is 0 Å². The van der Waals surface area contributed by atoms with E-state index in [1.807, 2.05) is 18.4 Å². The van der Waals surface area contributed by atoms with E-state index in [-0.39, 0.29) is 12.4 Å². The summed E-state index contributed by atoms with van der Waals surface area (Å²) in [4.78, 5) is 9.36. The minimum absolute atomic E-state index is 0.263. The van der Waals surface area contributed by atoms with Crippen LogP contribution >= 0.6 is 11.8 Å². The Labute approximate surface area is 137 Å². The van der Waals surface area contributed by atoms with Gasteiger partial charge in [-0.15, -0.1) is 11.8 Å². The Morgan fingerprint density at radius 3 is 2.83 bits per heavy atom. The molecule has 0 aliphatic heterocycles. The zero-order valence-corrected chi connectivity index (χ0v) is 13.6. The topological polar surface area (TPSA) is 44.2 Å². The Balaban J connectivity index is 1.86. The second-order valence-electron chi connectivity index (χ2n) is 4.82. The Morgan fingerprint density at radius 1 is 1.17 bits per heavy atom. The lowest BCUT2D eigenvalue weighted by atomic mass is 10.2. The molecule has 118 valence electrons. The molecule has 3 aromatic rings. The van der Waals surface area contributed by atoms with E-state index in [1.165, 1.54) is 23.9 Å². The lowest BCUT2D eigenvalue weighted by molar-refractivity contribution is 0.308. The SMILES string of the molecule is COc1ccc2c(OCc3cc(F)cc(SC)c3)ccnc2n1. The van der Waals surface area contributed by atoms with E-state index < -0.39 is 0 Å². The third-order valence-corrected chi connectivity index (χ3v) is 4.02. The first-order valence-electron chi connectivity index (χ1n) is 6.95. The van der Waals surface area contributed by atoms with Crippen LogP contribution in [0.25, 0.3) is 11.0 Å². The van der Waals surface area contributed by atoms with Gasteiger partial charge in [0.15, 0.2) is 5.65 Å². The number of thioether (sulfide) groups is 1. The van der Waals surface area contributed by atoms with Gasteiger partial charge in [-0.25, -0.2) is 9.37 Å². The largest absolute Gasteiger partial charge is 0.488 e. The minimum atomic E-state index is -0.263. The molecule has 0 aliphatic rings. The van der Waals surface area contributed by atoms with E-state index >= 15 is 0 Å². The molecule has 0 radical (unpaired) electrons. The van der Waals surface area contributed by atoms with Crippen LogP contribution in [-0.2, 0) is 6.61 Å². The van der Waals surface area contributed by atoms with Gasteiger partial charge < -0.3 is 9.47 Å².